The average molecular weight is 282 g/mol. The van der Waals surface area contributed by atoms with E-state index in [0.29, 0.717) is 12.2 Å². The molecule has 1 N–H and O–H groups in total. The molecule has 118 valence electrons. The lowest BCUT2D eigenvalue weighted by Gasteiger charge is -2.26. The van der Waals surface area contributed by atoms with Crippen LogP contribution in [0.15, 0.2) is 0 Å². The number of nitrogens with zero attached hydrogens (tertiary/aromatic N) is 1. The molecule has 1 saturated carbocycles. The highest BCUT2D eigenvalue weighted by Gasteiger charge is 2.33. The third-order valence-electron chi connectivity index (χ3n) is 4.49. The summed E-state index contributed by atoms with van der Waals surface area (Å²) in [5.74, 6) is 0.812. The van der Waals surface area contributed by atoms with Gasteiger partial charge in [0.05, 0.1) is 12.2 Å². The molecule has 1 aliphatic heterocycles. The summed E-state index contributed by atoms with van der Waals surface area (Å²) in [6.45, 7) is 11.5. The molecule has 0 amide bonds. The Labute approximate surface area is 125 Å². The van der Waals surface area contributed by atoms with Gasteiger partial charge < -0.3 is 10.1 Å². The predicted molar refractivity (Wildman–Crippen MR) is 85.1 cm³/mol. The second-order valence-electron chi connectivity index (χ2n) is 7.07. The number of hydrogen-bond acceptors (Lipinski definition) is 3. The predicted octanol–water partition coefficient (Wildman–Crippen LogP) is 3.04. The van der Waals surface area contributed by atoms with E-state index in [1.54, 1.807) is 0 Å². The molecule has 3 heteroatoms. The lowest BCUT2D eigenvalue weighted by atomic mass is 10.1. The van der Waals surface area contributed by atoms with Crippen molar-refractivity contribution >= 4 is 0 Å². The van der Waals surface area contributed by atoms with Gasteiger partial charge in [0.15, 0.2) is 0 Å². The van der Waals surface area contributed by atoms with Gasteiger partial charge >= 0.3 is 0 Å². The molecule has 0 aromatic heterocycles. The van der Waals surface area contributed by atoms with E-state index in [1.165, 1.54) is 51.6 Å². The van der Waals surface area contributed by atoms with Gasteiger partial charge in [0.2, 0.25) is 0 Å². The highest BCUT2D eigenvalue weighted by atomic mass is 16.5. The second-order valence-corrected chi connectivity index (χ2v) is 7.07. The van der Waals surface area contributed by atoms with Gasteiger partial charge in [-0.15, -0.1) is 0 Å². The molecule has 2 rings (SSSR count). The second kappa shape index (κ2) is 8.35. The molecular formula is C17H34N2O. The van der Waals surface area contributed by atoms with E-state index < -0.39 is 0 Å². The molecule has 0 aromatic rings. The molecule has 2 unspecified atom stereocenters. The van der Waals surface area contributed by atoms with E-state index in [0.717, 1.165) is 25.0 Å². The normalized spacial score (nSPS) is 26.9. The van der Waals surface area contributed by atoms with Crippen molar-refractivity contribution in [2.24, 2.45) is 5.92 Å². The molecule has 3 nitrogen and oxygen atoms in total. The van der Waals surface area contributed by atoms with E-state index >= 15 is 0 Å². The van der Waals surface area contributed by atoms with Gasteiger partial charge in [-0.05, 0) is 57.5 Å². The number of ether oxygens (including phenoxy) is 1. The van der Waals surface area contributed by atoms with E-state index in [4.69, 9.17) is 4.74 Å². The van der Waals surface area contributed by atoms with Crippen LogP contribution in [0.2, 0.25) is 0 Å². The summed E-state index contributed by atoms with van der Waals surface area (Å²) >= 11 is 0. The summed E-state index contributed by atoms with van der Waals surface area (Å²) in [5.41, 5.74) is 0. The molecule has 0 radical (unpaired) electrons. The van der Waals surface area contributed by atoms with Gasteiger partial charge in [-0.2, -0.15) is 0 Å². The maximum atomic E-state index is 6.22. The monoisotopic (exact) mass is 282 g/mol. The van der Waals surface area contributed by atoms with Crippen LogP contribution in [0.5, 0.6) is 0 Å². The Hall–Kier alpha value is -0.120. The standard InChI is InChI=1S/C17H34N2O/c1-4-10-18-12-16-7-8-17(20-16)13-19(15-5-6-15)11-9-14(2)3/h14-18H,4-13H2,1-3H3. The first kappa shape index (κ1) is 16.3. The van der Waals surface area contributed by atoms with E-state index in [9.17, 15) is 0 Å². The van der Waals surface area contributed by atoms with Crippen LogP contribution >= 0.6 is 0 Å². The van der Waals surface area contributed by atoms with Crippen LogP contribution in [0.1, 0.15) is 59.3 Å². The van der Waals surface area contributed by atoms with Gasteiger partial charge in [-0.3, -0.25) is 4.90 Å². The van der Waals surface area contributed by atoms with Crippen LogP contribution in [0.25, 0.3) is 0 Å². The van der Waals surface area contributed by atoms with Crippen molar-refractivity contribution in [3.63, 3.8) is 0 Å². The minimum Gasteiger partial charge on any atom is -0.372 e. The van der Waals surface area contributed by atoms with E-state index in [2.05, 4.69) is 31.0 Å². The molecule has 2 atom stereocenters. The van der Waals surface area contributed by atoms with E-state index in [-0.39, 0.29) is 0 Å². The first-order valence-electron chi connectivity index (χ1n) is 8.79. The molecule has 1 heterocycles. The summed E-state index contributed by atoms with van der Waals surface area (Å²) in [6, 6.07) is 0.870. The van der Waals surface area contributed by atoms with Gasteiger partial charge in [-0.1, -0.05) is 20.8 Å². The van der Waals surface area contributed by atoms with Gasteiger partial charge in [0.1, 0.15) is 0 Å². The van der Waals surface area contributed by atoms with Crippen LogP contribution in [0, 0.1) is 5.92 Å². The van der Waals surface area contributed by atoms with Gasteiger partial charge in [0.25, 0.3) is 0 Å². The van der Waals surface area contributed by atoms with Crippen LogP contribution < -0.4 is 5.32 Å². The third-order valence-corrected chi connectivity index (χ3v) is 4.49. The Bertz CT molecular complexity index is 266. The van der Waals surface area contributed by atoms with Crippen LogP contribution in [-0.4, -0.2) is 49.3 Å². The largest absolute Gasteiger partial charge is 0.372 e. The first-order valence-corrected chi connectivity index (χ1v) is 8.79. The van der Waals surface area contributed by atoms with Crippen LogP contribution in [-0.2, 0) is 4.74 Å². The smallest absolute Gasteiger partial charge is 0.0707 e. The summed E-state index contributed by atoms with van der Waals surface area (Å²) in [4.78, 5) is 2.70. The highest BCUT2D eigenvalue weighted by Crippen LogP contribution is 2.29. The summed E-state index contributed by atoms with van der Waals surface area (Å²) in [5, 5.41) is 3.49. The zero-order valence-electron chi connectivity index (χ0n) is 13.7. The maximum Gasteiger partial charge on any atom is 0.0707 e. The fourth-order valence-corrected chi connectivity index (χ4v) is 3.05. The number of nitrogens with one attached hydrogen (secondary N) is 1. The third kappa shape index (κ3) is 5.71. The topological polar surface area (TPSA) is 24.5 Å². The molecule has 20 heavy (non-hydrogen) atoms. The molecule has 0 bridgehead atoms. The minimum absolute atomic E-state index is 0.456. The Morgan fingerprint density at radius 1 is 1.15 bits per heavy atom. The van der Waals surface area contributed by atoms with Crippen molar-refractivity contribution in [1.29, 1.82) is 0 Å². The molecule has 2 aliphatic rings. The molecule has 1 saturated heterocycles. The summed E-state index contributed by atoms with van der Waals surface area (Å²) < 4.78 is 6.22. The molecular weight excluding hydrogens is 248 g/mol. The van der Waals surface area contributed by atoms with Gasteiger partial charge in [0, 0.05) is 19.1 Å². The van der Waals surface area contributed by atoms with Crippen molar-refractivity contribution in [3.05, 3.63) is 0 Å². The van der Waals surface area contributed by atoms with Crippen molar-refractivity contribution in [2.75, 3.05) is 26.2 Å². The first-order chi connectivity index (χ1) is 9.69. The molecule has 0 spiro atoms. The summed E-state index contributed by atoms with van der Waals surface area (Å²) in [7, 11) is 0. The summed E-state index contributed by atoms with van der Waals surface area (Å²) in [6.07, 6.45) is 8.78. The minimum atomic E-state index is 0.456. The van der Waals surface area contributed by atoms with Gasteiger partial charge in [-0.25, -0.2) is 0 Å². The van der Waals surface area contributed by atoms with Crippen LogP contribution in [0.4, 0.5) is 0 Å². The van der Waals surface area contributed by atoms with Crippen molar-refractivity contribution < 1.29 is 4.74 Å². The zero-order chi connectivity index (χ0) is 14.4. The average Bonchev–Trinajstić information content (AvgIpc) is 3.16. The van der Waals surface area contributed by atoms with E-state index in [1.807, 2.05) is 0 Å². The number of hydrogen-bond donors (Lipinski definition) is 1. The fraction of sp³-hybridized carbons (Fsp3) is 1.00. The number of rotatable bonds is 10. The Morgan fingerprint density at radius 3 is 2.55 bits per heavy atom. The zero-order valence-corrected chi connectivity index (χ0v) is 13.7. The lowest BCUT2D eigenvalue weighted by molar-refractivity contribution is 0.0209. The van der Waals surface area contributed by atoms with Crippen molar-refractivity contribution in [1.82, 2.24) is 10.2 Å². The maximum absolute atomic E-state index is 6.22. The molecule has 0 aromatic carbocycles. The highest BCUT2D eigenvalue weighted by molar-refractivity contribution is 4.87. The van der Waals surface area contributed by atoms with Crippen molar-refractivity contribution in [3.8, 4) is 0 Å². The van der Waals surface area contributed by atoms with Crippen LogP contribution in [0.3, 0.4) is 0 Å². The fourth-order valence-electron chi connectivity index (χ4n) is 3.05. The quantitative estimate of drug-likeness (QED) is 0.623. The Balaban J connectivity index is 1.66. The Morgan fingerprint density at radius 2 is 1.90 bits per heavy atom. The SMILES string of the molecule is CCCNCC1CCC(CN(CCC(C)C)C2CC2)O1. The Kier molecular flexibility index (Phi) is 6.79. The molecule has 1 aliphatic carbocycles. The lowest BCUT2D eigenvalue weighted by Crippen LogP contribution is -2.36. The van der Waals surface area contributed by atoms with Crippen molar-refractivity contribution in [2.45, 2.75) is 77.5 Å². The molecule has 2 fully saturated rings.